The fraction of sp³-hybridized carbons (Fsp3) is 0.516. The normalized spacial score (nSPS) is 32.5. The molecule has 2 bridgehead atoms. The number of nitrogens with one attached hydrogen (secondary N) is 1. The SMILES string of the molecule is CC1(NC(=O)c2cn(-c3ccc(F)cc3F)c3nc(N4CC[C@@H](F)[C@H](O)C4)ccc3c2=O)CC2CC3CC(C1)C3C2. The quantitative estimate of drug-likeness (QED) is 0.485. The van der Waals surface area contributed by atoms with Crippen molar-refractivity contribution in [3.8, 4) is 5.69 Å². The van der Waals surface area contributed by atoms with Crippen LogP contribution >= 0.6 is 0 Å². The summed E-state index contributed by atoms with van der Waals surface area (Å²) in [7, 11) is 0. The first-order chi connectivity index (χ1) is 19.6. The van der Waals surface area contributed by atoms with E-state index in [0.29, 0.717) is 24.2 Å². The molecule has 0 radical (unpaired) electrons. The molecule has 7 atom stereocenters. The molecule has 0 spiro atoms. The number of alkyl halides is 1. The molecule has 4 aliphatic rings. The van der Waals surface area contributed by atoms with Gasteiger partial charge in [0.05, 0.1) is 11.1 Å². The lowest BCUT2D eigenvalue weighted by molar-refractivity contribution is 0.0570. The van der Waals surface area contributed by atoms with Crippen molar-refractivity contribution >= 4 is 22.8 Å². The Bertz CT molecular complexity index is 1610. The van der Waals surface area contributed by atoms with Gasteiger partial charge in [0.2, 0.25) is 5.43 Å². The molecular formula is C31H33F3N4O3. The molecule has 7 rings (SSSR count). The molecule has 216 valence electrons. The lowest BCUT2D eigenvalue weighted by Crippen LogP contribution is -2.51. The number of rotatable bonds is 4. The van der Waals surface area contributed by atoms with Gasteiger partial charge in [-0.3, -0.25) is 14.2 Å². The second-order valence-corrected chi connectivity index (χ2v) is 12.9. The predicted octanol–water partition coefficient (Wildman–Crippen LogP) is 4.52. The van der Waals surface area contributed by atoms with Gasteiger partial charge in [-0.15, -0.1) is 0 Å². The number of hydrogen-bond donors (Lipinski definition) is 2. The topological polar surface area (TPSA) is 87.5 Å². The number of fused-ring (bicyclic) bond motifs is 2. The Hall–Kier alpha value is -3.40. The molecule has 41 heavy (non-hydrogen) atoms. The average molecular weight is 567 g/mol. The standard InChI is InChI=1S/C31H33F3N4O3/c1-31(12-16-8-17-10-18(13-31)21(17)9-16)36-30(41)22-14-38(25-4-2-19(32)11-24(25)34)29-20(28(22)40)3-5-27(35-29)37-7-6-23(33)26(39)15-37/h2-5,11,14,16-18,21,23,26,39H,6-10,12-13,15H2,1H3,(H,36,41)/t16?,17?,18?,21?,23-,26-,31?/m1/s1. The minimum Gasteiger partial charge on any atom is -0.388 e. The number of carbonyl (C=O) groups is 1. The molecule has 2 N–H and O–H groups in total. The van der Waals surface area contributed by atoms with E-state index < -0.39 is 40.8 Å². The molecule has 3 heterocycles. The molecule has 4 fully saturated rings. The summed E-state index contributed by atoms with van der Waals surface area (Å²) in [5.41, 5.74) is -1.14. The number of halogens is 3. The number of aromatic nitrogens is 2. The number of pyridine rings is 2. The molecule has 1 aliphatic heterocycles. The van der Waals surface area contributed by atoms with E-state index in [4.69, 9.17) is 0 Å². The number of piperidine rings is 1. The number of carbonyl (C=O) groups excluding carboxylic acids is 1. The summed E-state index contributed by atoms with van der Waals surface area (Å²) >= 11 is 0. The number of aliphatic hydroxyl groups is 1. The molecule has 1 amide bonds. The van der Waals surface area contributed by atoms with Crippen LogP contribution in [0, 0.1) is 35.3 Å². The lowest BCUT2D eigenvalue weighted by Gasteiger charge is -2.46. The van der Waals surface area contributed by atoms with Crippen LogP contribution in [-0.2, 0) is 0 Å². The summed E-state index contributed by atoms with van der Waals surface area (Å²) in [6, 6.07) is 6.17. The van der Waals surface area contributed by atoms with Crippen molar-refractivity contribution in [2.24, 2.45) is 23.7 Å². The Balaban J connectivity index is 1.30. The van der Waals surface area contributed by atoms with Crippen LogP contribution in [0.3, 0.4) is 0 Å². The highest BCUT2D eigenvalue weighted by atomic mass is 19.1. The van der Waals surface area contributed by atoms with E-state index in [-0.39, 0.29) is 35.2 Å². The Labute approximate surface area is 235 Å². The lowest BCUT2D eigenvalue weighted by atomic mass is 9.62. The molecule has 1 aromatic carbocycles. The first-order valence-corrected chi connectivity index (χ1v) is 14.5. The smallest absolute Gasteiger partial charge is 0.257 e. The van der Waals surface area contributed by atoms with E-state index in [9.17, 15) is 23.5 Å². The van der Waals surface area contributed by atoms with Crippen LogP contribution in [0.15, 0.2) is 41.3 Å². The van der Waals surface area contributed by atoms with Crippen molar-refractivity contribution in [2.45, 2.75) is 63.3 Å². The van der Waals surface area contributed by atoms with Gasteiger partial charge in [-0.2, -0.15) is 0 Å². The maximum absolute atomic E-state index is 15.1. The van der Waals surface area contributed by atoms with E-state index in [1.54, 1.807) is 11.0 Å². The maximum Gasteiger partial charge on any atom is 0.257 e. The maximum atomic E-state index is 15.1. The Morgan fingerprint density at radius 3 is 2.73 bits per heavy atom. The van der Waals surface area contributed by atoms with Crippen molar-refractivity contribution in [3.63, 3.8) is 0 Å². The van der Waals surface area contributed by atoms with Gasteiger partial charge in [0.15, 0.2) is 5.65 Å². The van der Waals surface area contributed by atoms with E-state index in [2.05, 4.69) is 17.2 Å². The van der Waals surface area contributed by atoms with Crippen LogP contribution in [0.25, 0.3) is 16.7 Å². The third-order valence-electron chi connectivity index (χ3n) is 10.00. The van der Waals surface area contributed by atoms with Gasteiger partial charge in [-0.05, 0) is 93.4 Å². The number of benzene rings is 1. The zero-order valence-electron chi connectivity index (χ0n) is 22.8. The van der Waals surface area contributed by atoms with Crippen LogP contribution in [0.2, 0.25) is 0 Å². The summed E-state index contributed by atoms with van der Waals surface area (Å²) in [5, 5.41) is 13.3. The first kappa shape index (κ1) is 26.5. The Morgan fingerprint density at radius 2 is 1.95 bits per heavy atom. The van der Waals surface area contributed by atoms with E-state index in [0.717, 1.165) is 36.8 Å². The van der Waals surface area contributed by atoms with Gasteiger partial charge < -0.3 is 15.3 Å². The number of amides is 1. The Kier molecular flexibility index (Phi) is 6.19. The number of aliphatic hydroxyl groups excluding tert-OH is 1. The van der Waals surface area contributed by atoms with Gasteiger partial charge in [-0.1, -0.05) is 0 Å². The second kappa shape index (κ2) is 9.58. The molecule has 3 saturated carbocycles. The van der Waals surface area contributed by atoms with Gasteiger partial charge >= 0.3 is 0 Å². The van der Waals surface area contributed by atoms with Gasteiger partial charge in [-0.25, -0.2) is 18.2 Å². The summed E-state index contributed by atoms with van der Waals surface area (Å²) in [4.78, 5) is 33.8. The number of anilines is 1. The van der Waals surface area contributed by atoms with E-state index >= 15 is 4.39 Å². The highest BCUT2D eigenvalue weighted by Gasteiger charge is 2.53. The van der Waals surface area contributed by atoms with Crippen molar-refractivity contribution in [3.05, 3.63) is 63.9 Å². The van der Waals surface area contributed by atoms with Crippen molar-refractivity contribution in [1.29, 1.82) is 0 Å². The van der Waals surface area contributed by atoms with Crippen molar-refractivity contribution in [1.82, 2.24) is 14.9 Å². The first-order valence-electron chi connectivity index (χ1n) is 14.5. The largest absolute Gasteiger partial charge is 0.388 e. The van der Waals surface area contributed by atoms with Crippen molar-refractivity contribution in [2.75, 3.05) is 18.0 Å². The third-order valence-corrected chi connectivity index (χ3v) is 10.00. The van der Waals surface area contributed by atoms with Crippen LogP contribution < -0.4 is 15.6 Å². The molecule has 3 aromatic rings. The summed E-state index contributed by atoms with van der Waals surface area (Å²) in [6.45, 7) is 2.37. The number of β-amino-alcohol motifs (C(OH)–C–C–N with tert-alkyl or cyclic N) is 1. The number of hydrogen-bond acceptors (Lipinski definition) is 5. The fourth-order valence-corrected chi connectivity index (χ4v) is 8.14. The average Bonchev–Trinajstić information content (AvgIpc) is 3.18. The zero-order valence-corrected chi connectivity index (χ0v) is 22.8. The summed E-state index contributed by atoms with van der Waals surface area (Å²) in [6.07, 6.45) is 4.22. The third kappa shape index (κ3) is 4.51. The van der Waals surface area contributed by atoms with Gasteiger partial charge in [0.25, 0.3) is 5.91 Å². The monoisotopic (exact) mass is 566 g/mol. The van der Waals surface area contributed by atoms with Crippen LogP contribution in [0.1, 0.15) is 55.8 Å². The molecule has 10 heteroatoms. The minimum absolute atomic E-state index is 0.0114. The molecule has 5 unspecified atom stereocenters. The van der Waals surface area contributed by atoms with Crippen LogP contribution in [0.4, 0.5) is 19.0 Å². The van der Waals surface area contributed by atoms with Crippen molar-refractivity contribution < 1.29 is 23.1 Å². The molecule has 3 aliphatic carbocycles. The molecule has 1 saturated heterocycles. The van der Waals surface area contributed by atoms with E-state index in [1.165, 1.54) is 42.2 Å². The van der Waals surface area contributed by atoms with Crippen LogP contribution in [-0.4, -0.2) is 51.5 Å². The Morgan fingerprint density at radius 1 is 1.12 bits per heavy atom. The zero-order chi connectivity index (χ0) is 28.6. The van der Waals surface area contributed by atoms with Gasteiger partial charge in [0.1, 0.15) is 35.3 Å². The highest BCUT2D eigenvalue weighted by Crippen LogP contribution is 2.60. The summed E-state index contributed by atoms with van der Waals surface area (Å²) in [5.74, 6) is 0.921. The predicted molar refractivity (Wildman–Crippen MR) is 148 cm³/mol. The molecule has 7 nitrogen and oxygen atoms in total. The summed E-state index contributed by atoms with van der Waals surface area (Å²) < 4.78 is 44.1. The molecular weight excluding hydrogens is 533 g/mol. The van der Waals surface area contributed by atoms with E-state index in [1.807, 2.05) is 0 Å². The molecule has 2 aromatic heterocycles. The fourth-order valence-electron chi connectivity index (χ4n) is 8.14. The number of nitrogens with zero attached hydrogens (tertiary/aromatic N) is 3. The van der Waals surface area contributed by atoms with Crippen LogP contribution in [0.5, 0.6) is 0 Å². The highest BCUT2D eigenvalue weighted by molar-refractivity contribution is 5.97. The minimum atomic E-state index is -1.34. The van der Waals surface area contributed by atoms with Gasteiger partial charge in [0, 0.05) is 30.9 Å². The second-order valence-electron chi connectivity index (χ2n) is 12.9.